The number of urea groups is 1. The van der Waals surface area contributed by atoms with Crippen LogP contribution in [-0.2, 0) is 0 Å². The van der Waals surface area contributed by atoms with Gasteiger partial charge in [-0.2, -0.15) is 0 Å². The first kappa shape index (κ1) is 20.1. The molecular formula is C21H26FN7O. The number of pyridine rings is 1. The second kappa shape index (κ2) is 8.64. The van der Waals surface area contributed by atoms with E-state index in [0.717, 1.165) is 35.9 Å². The zero-order valence-corrected chi connectivity index (χ0v) is 17.2. The Morgan fingerprint density at radius 1 is 1.37 bits per heavy atom. The van der Waals surface area contributed by atoms with Crippen LogP contribution < -0.4 is 10.6 Å². The van der Waals surface area contributed by atoms with Crippen molar-refractivity contribution in [1.29, 1.82) is 0 Å². The molecule has 30 heavy (non-hydrogen) atoms. The van der Waals surface area contributed by atoms with E-state index in [1.165, 1.54) is 6.20 Å². The molecule has 1 saturated heterocycles. The second-order valence-electron chi connectivity index (χ2n) is 7.82. The Bertz CT molecular complexity index is 1040. The fourth-order valence-corrected chi connectivity index (χ4v) is 3.79. The molecule has 1 aliphatic rings. The van der Waals surface area contributed by atoms with Crippen LogP contribution in [0.3, 0.4) is 0 Å². The molecule has 158 valence electrons. The molecule has 1 atom stereocenters. The molecule has 4 rings (SSSR count). The molecule has 9 heteroatoms. The van der Waals surface area contributed by atoms with E-state index in [1.54, 1.807) is 12.4 Å². The number of carbonyl (C=O) groups is 1. The summed E-state index contributed by atoms with van der Waals surface area (Å²) in [6.45, 7) is 5.00. The number of piperidine rings is 1. The van der Waals surface area contributed by atoms with Gasteiger partial charge in [0.2, 0.25) is 0 Å². The van der Waals surface area contributed by atoms with Gasteiger partial charge in [0.1, 0.15) is 5.65 Å². The highest BCUT2D eigenvalue weighted by molar-refractivity contribution is 5.91. The molecule has 3 aromatic rings. The molecule has 0 unspecified atom stereocenters. The molecule has 4 heterocycles. The number of aromatic nitrogens is 4. The van der Waals surface area contributed by atoms with Crippen LogP contribution in [0.25, 0.3) is 22.4 Å². The first-order valence-corrected chi connectivity index (χ1v) is 10.3. The maximum Gasteiger partial charge on any atom is 0.317 e. The first-order chi connectivity index (χ1) is 14.5. The lowest BCUT2D eigenvalue weighted by atomic mass is 10.0. The number of anilines is 1. The van der Waals surface area contributed by atoms with E-state index in [0.29, 0.717) is 18.9 Å². The van der Waals surface area contributed by atoms with Crippen LogP contribution in [-0.4, -0.2) is 56.0 Å². The van der Waals surface area contributed by atoms with Gasteiger partial charge in [-0.05, 0) is 45.2 Å². The van der Waals surface area contributed by atoms with Crippen LogP contribution in [0.15, 0.2) is 30.7 Å². The number of hydrogen-bond donors (Lipinski definition) is 3. The number of carbonyl (C=O) groups excluding carboxylic acids is 1. The molecule has 0 radical (unpaired) electrons. The third-order valence-corrected chi connectivity index (χ3v) is 5.24. The van der Waals surface area contributed by atoms with Crippen molar-refractivity contribution in [2.75, 3.05) is 18.4 Å². The third kappa shape index (κ3) is 4.19. The van der Waals surface area contributed by atoms with Crippen molar-refractivity contribution in [2.24, 2.45) is 0 Å². The van der Waals surface area contributed by atoms with Crippen molar-refractivity contribution in [3.05, 3.63) is 36.5 Å². The van der Waals surface area contributed by atoms with E-state index >= 15 is 0 Å². The van der Waals surface area contributed by atoms with Crippen molar-refractivity contribution in [3.63, 3.8) is 0 Å². The van der Waals surface area contributed by atoms with Crippen molar-refractivity contribution >= 4 is 22.9 Å². The van der Waals surface area contributed by atoms with Crippen LogP contribution in [0.5, 0.6) is 0 Å². The lowest BCUT2D eigenvalue weighted by molar-refractivity contribution is 0.153. The van der Waals surface area contributed by atoms with E-state index in [-0.39, 0.29) is 23.9 Å². The van der Waals surface area contributed by atoms with Gasteiger partial charge in [-0.1, -0.05) is 0 Å². The third-order valence-electron chi connectivity index (χ3n) is 5.24. The predicted octanol–water partition coefficient (Wildman–Crippen LogP) is 3.54. The van der Waals surface area contributed by atoms with Crippen LogP contribution >= 0.6 is 0 Å². The molecule has 1 aliphatic heterocycles. The maximum atomic E-state index is 14.4. The average Bonchev–Trinajstić information content (AvgIpc) is 3.17. The van der Waals surface area contributed by atoms with Gasteiger partial charge < -0.3 is 20.5 Å². The number of hydrogen-bond acceptors (Lipinski definition) is 5. The van der Waals surface area contributed by atoms with Crippen molar-refractivity contribution in [3.8, 4) is 11.4 Å². The van der Waals surface area contributed by atoms with Gasteiger partial charge in [-0.3, -0.25) is 0 Å². The fourth-order valence-electron chi connectivity index (χ4n) is 3.79. The van der Waals surface area contributed by atoms with Gasteiger partial charge in [0.05, 0.1) is 12.2 Å². The minimum atomic E-state index is -0.522. The molecule has 0 aliphatic carbocycles. The Hall–Kier alpha value is -3.23. The summed E-state index contributed by atoms with van der Waals surface area (Å²) >= 11 is 0. The number of nitrogens with zero attached hydrogens (tertiary/aromatic N) is 4. The minimum Gasteiger partial charge on any atom is -0.365 e. The molecule has 0 spiro atoms. The number of nitrogens with one attached hydrogen (secondary N) is 3. The Labute approximate surface area is 174 Å². The number of likely N-dealkylation sites (tertiary alicyclic amines) is 1. The fraction of sp³-hybridized carbons (Fsp3) is 0.429. The van der Waals surface area contributed by atoms with Crippen molar-refractivity contribution < 1.29 is 9.18 Å². The van der Waals surface area contributed by atoms with Gasteiger partial charge in [-0.25, -0.2) is 24.1 Å². The van der Waals surface area contributed by atoms with Crippen LogP contribution in [0.2, 0.25) is 0 Å². The van der Waals surface area contributed by atoms with Crippen LogP contribution in [0, 0.1) is 5.82 Å². The van der Waals surface area contributed by atoms with Gasteiger partial charge in [0.25, 0.3) is 0 Å². The summed E-state index contributed by atoms with van der Waals surface area (Å²) < 4.78 is 14.4. The Morgan fingerprint density at radius 3 is 3.07 bits per heavy atom. The smallest absolute Gasteiger partial charge is 0.317 e. The summed E-state index contributed by atoms with van der Waals surface area (Å²) in [7, 11) is 0. The lowest BCUT2D eigenvalue weighted by Crippen LogP contribution is -2.52. The van der Waals surface area contributed by atoms with E-state index in [1.807, 2.05) is 30.9 Å². The van der Waals surface area contributed by atoms with E-state index in [9.17, 15) is 9.18 Å². The molecular weight excluding hydrogens is 385 g/mol. The summed E-state index contributed by atoms with van der Waals surface area (Å²) in [5.41, 5.74) is 1.49. The van der Waals surface area contributed by atoms with E-state index in [2.05, 4.69) is 30.6 Å². The quantitative estimate of drug-likeness (QED) is 0.596. The SMILES string of the molecule is CC(C)NC(=O)N1CCCC[C@@H]1CNc1nc(-c2c[nH]c3ncccc23)ncc1F. The number of rotatable bonds is 5. The highest BCUT2D eigenvalue weighted by atomic mass is 19.1. The van der Waals surface area contributed by atoms with Gasteiger partial charge in [0.15, 0.2) is 17.5 Å². The average molecular weight is 411 g/mol. The normalized spacial score (nSPS) is 16.8. The highest BCUT2D eigenvalue weighted by Gasteiger charge is 2.27. The standard InChI is InChI=1S/C21H26FN7O/c1-13(2)27-21(30)29-9-4-3-6-14(29)10-24-20-17(22)12-26-19(28-20)16-11-25-18-15(16)7-5-8-23-18/h5,7-8,11-14H,3-4,6,9-10H2,1-2H3,(H,23,25)(H,27,30)(H,24,26,28)/t14-/m1/s1. The molecule has 0 aromatic carbocycles. The molecule has 1 fully saturated rings. The maximum absolute atomic E-state index is 14.4. The van der Waals surface area contributed by atoms with Gasteiger partial charge in [-0.15, -0.1) is 0 Å². The Morgan fingerprint density at radius 2 is 2.23 bits per heavy atom. The summed E-state index contributed by atoms with van der Waals surface area (Å²) in [6, 6.07) is 3.73. The lowest BCUT2D eigenvalue weighted by Gasteiger charge is -2.36. The van der Waals surface area contributed by atoms with Crippen molar-refractivity contribution in [2.45, 2.75) is 45.2 Å². The monoisotopic (exact) mass is 411 g/mol. The van der Waals surface area contributed by atoms with Gasteiger partial charge >= 0.3 is 6.03 Å². The molecule has 0 saturated carbocycles. The molecule has 2 amide bonds. The molecule has 8 nitrogen and oxygen atoms in total. The number of halogens is 1. The highest BCUT2D eigenvalue weighted by Crippen LogP contribution is 2.26. The number of H-pyrrole nitrogens is 1. The summed E-state index contributed by atoms with van der Waals surface area (Å²) in [6.07, 6.45) is 7.52. The largest absolute Gasteiger partial charge is 0.365 e. The van der Waals surface area contributed by atoms with Crippen LogP contribution in [0.4, 0.5) is 15.0 Å². The number of amides is 2. The van der Waals surface area contributed by atoms with Crippen LogP contribution in [0.1, 0.15) is 33.1 Å². The topological polar surface area (TPSA) is 98.8 Å². The zero-order valence-electron chi connectivity index (χ0n) is 17.2. The minimum absolute atomic E-state index is 0.0207. The molecule has 0 bridgehead atoms. The Kier molecular flexibility index (Phi) is 5.78. The predicted molar refractivity (Wildman–Crippen MR) is 114 cm³/mol. The number of fused-ring (bicyclic) bond motifs is 1. The van der Waals surface area contributed by atoms with E-state index < -0.39 is 5.82 Å². The summed E-state index contributed by atoms with van der Waals surface area (Å²) in [4.78, 5) is 30.2. The van der Waals surface area contributed by atoms with Crippen molar-refractivity contribution in [1.82, 2.24) is 30.2 Å². The van der Waals surface area contributed by atoms with E-state index in [4.69, 9.17) is 0 Å². The van der Waals surface area contributed by atoms with Gasteiger partial charge in [0, 0.05) is 42.5 Å². The first-order valence-electron chi connectivity index (χ1n) is 10.3. The molecule has 3 aromatic heterocycles. The summed E-state index contributed by atoms with van der Waals surface area (Å²) in [5, 5.41) is 6.92. The second-order valence-corrected chi connectivity index (χ2v) is 7.82. The Balaban J connectivity index is 1.52. The zero-order chi connectivity index (χ0) is 21.1. The molecule has 3 N–H and O–H groups in total. The summed E-state index contributed by atoms with van der Waals surface area (Å²) in [5.74, 6) is 0.0231. The number of aromatic amines is 1.